The molecule has 30 heavy (non-hydrogen) atoms. The molecular weight excluding hydrogens is 415 g/mol. The lowest BCUT2D eigenvalue weighted by molar-refractivity contribution is 0.102. The summed E-state index contributed by atoms with van der Waals surface area (Å²) in [5.74, 6) is -0.0642. The van der Waals surface area contributed by atoms with Crippen LogP contribution in [0.5, 0.6) is 0 Å². The lowest BCUT2D eigenvalue weighted by Gasteiger charge is -2.21. The quantitative estimate of drug-likeness (QED) is 0.310. The number of rotatable bonds is 8. The van der Waals surface area contributed by atoms with Crippen molar-refractivity contribution in [1.82, 2.24) is 0 Å². The summed E-state index contributed by atoms with van der Waals surface area (Å²) in [5.41, 5.74) is 9.60. The number of carbonyl (C=O) groups is 1. The Morgan fingerprint density at radius 2 is 1.90 bits per heavy atom. The fraction of sp³-hybridized carbons (Fsp3) is 0.261. The van der Waals surface area contributed by atoms with Crippen LogP contribution in [0.1, 0.15) is 42.8 Å². The van der Waals surface area contributed by atoms with E-state index in [2.05, 4.69) is 5.32 Å². The van der Waals surface area contributed by atoms with Crippen molar-refractivity contribution in [1.29, 1.82) is 0 Å². The molecule has 1 aromatic heterocycles. The molecule has 2 aromatic carbocycles. The van der Waals surface area contributed by atoms with Gasteiger partial charge in [-0.25, -0.2) is 0 Å². The van der Waals surface area contributed by atoms with Crippen LogP contribution in [0, 0.1) is 5.92 Å². The van der Waals surface area contributed by atoms with E-state index in [1.165, 1.54) is 0 Å². The highest BCUT2D eigenvalue weighted by Crippen LogP contribution is 2.36. The fourth-order valence-electron chi connectivity index (χ4n) is 3.09. The lowest BCUT2D eigenvalue weighted by Crippen LogP contribution is -2.14. The minimum absolute atomic E-state index is 0.171. The van der Waals surface area contributed by atoms with Crippen molar-refractivity contribution in [2.24, 2.45) is 5.92 Å². The van der Waals surface area contributed by atoms with Crippen LogP contribution in [-0.2, 0) is 9.09 Å². The number of anilines is 2. The Labute approximate surface area is 182 Å². The summed E-state index contributed by atoms with van der Waals surface area (Å²) in [6.45, 7) is 5.91. The van der Waals surface area contributed by atoms with Crippen molar-refractivity contribution >= 4 is 36.6 Å². The number of nitrogens with two attached hydrogens (primary N) is 1. The first-order valence-electron chi connectivity index (χ1n) is 9.93. The highest BCUT2D eigenvalue weighted by molar-refractivity contribution is 7.39. The zero-order valence-corrected chi connectivity index (χ0v) is 19.2. The van der Waals surface area contributed by atoms with Gasteiger partial charge in [0.05, 0.1) is 17.5 Å². The fourth-order valence-corrected chi connectivity index (χ4v) is 4.68. The summed E-state index contributed by atoms with van der Waals surface area (Å²) >= 11 is 1.63. The maximum atomic E-state index is 12.8. The number of nitrogen functional groups attached to an aromatic ring is 1. The van der Waals surface area contributed by atoms with E-state index in [4.69, 9.17) is 10.3 Å². The first kappa shape index (κ1) is 22.3. The number of hydrogen-bond donors (Lipinski definition) is 2. The minimum atomic E-state index is -2.06. The van der Waals surface area contributed by atoms with Gasteiger partial charge in [-0.15, -0.1) is 11.3 Å². The Morgan fingerprint density at radius 3 is 2.50 bits per heavy atom. The van der Waals surface area contributed by atoms with Gasteiger partial charge in [-0.3, -0.25) is 9.36 Å². The predicted octanol–water partition coefficient (Wildman–Crippen LogP) is 6.46. The Morgan fingerprint density at radius 1 is 1.17 bits per heavy atom. The van der Waals surface area contributed by atoms with Crippen molar-refractivity contribution < 1.29 is 13.9 Å². The van der Waals surface area contributed by atoms with Gasteiger partial charge in [0.15, 0.2) is 8.03 Å². The predicted molar refractivity (Wildman–Crippen MR) is 127 cm³/mol. The van der Waals surface area contributed by atoms with Crippen molar-refractivity contribution in [3.63, 3.8) is 0 Å². The highest BCUT2D eigenvalue weighted by Gasteiger charge is 2.19. The normalized spacial score (nSPS) is 13.2. The molecule has 3 N–H and O–H groups in total. The highest BCUT2D eigenvalue weighted by atomic mass is 32.1. The number of hydrogen-bond acceptors (Lipinski definition) is 5. The molecule has 0 spiro atoms. The number of amides is 1. The van der Waals surface area contributed by atoms with Gasteiger partial charge >= 0.3 is 0 Å². The van der Waals surface area contributed by atoms with Gasteiger partial charge in [0.25, 0.3) is 5.91 Å². The van der Waals surface area contributed by atoms with Gasteiger partial charge in [0, 0.05) is 16.6 Å². The molecule has 1 amide bonds. The molecule has 0 bridgehead atoms. The van der Waals surface area contributed by atoms with E-state index < -0.39 is 8.03 Å². The van der Waals surface area contributed by atoms with Gasteiger partial charge in [0.2, 0.25) is 0 Å². The molecule has 0 aliphatic carbocycles. The molecule has 3 aromatic rings. The molecule has 2 atom stereocenters. The van der Waals surface area contributed by atoms with Crippen LogP contribution < -0.4 is 11.1 Å². The van der Waals surface area contributed by atoms with E-state index in [9.17, 15) is 9.36 Å². The van der Waals surface area contributed by atoms with Crippen LogP contribution in [-0.4, -0.2) is 12.1 Å². The Balaban J connectivity index is 1.76. The molecule has 0 saturated carbocycles. The lowest BCUT2D eigenvalue weighted by atomic mass is 9.98. The second-order valence-corrected chi connectivity index (χ2v) is 10.00. The summed E-state index contributed by atoms with van der Waals surface area (Å²) in [6.07, 6.45) is 0.256. The van der Waals surface area contributed by atoms with Crippen LogP contribution in [0.2, 0.25) is 0 Å². The third kappa shape index (κ3) is 5.39. The van der Waals surface area contributed by atoms with E-state index in [0.29, 0.717) is 23.1 Å². The summed E-state index contributed by atoms with van der Waals surface area (Å²) < 4.78 is 17.6. The molecule has 158 valence electrons. The van der Waals surface area contributed by atoms with Crippen LogP contribution in [0.4, 0.5) is 11.4 Å². The molecule has 0 aliphatic heterocycles. The van der Waals surface area contributed by atoms with Gasteiger partial charge < -0.3 is 15.6 Å². The molecule has 0 fully saturated rings. The first-order chi connectivity index (χ1) is 14.4. The van der Waals surface area contributed by atoms with E-state index in [-0.39, 0.29) is 17.9 Å². The van der Waals surface area contributed by atoms with E-state index in [0.717, 1.165) is 16.0 Å². The van der Waals surface area contributed by atoms with Gasteiger partial charge in [-0.1, -0.05) is 45.0 Å². The number of nitrogens with one attached hydrogen (secondary N) is 1. The molecule has 1 heterocycles. The molecule has 7 heteroatoms. The monoisotopic (exact) mass is 442 g/mol. The zero-order valence-electron chi connectivity index (χ0n) is 17.3. The second kappa shape index (κ2) is 10.1. The van der Waals surface area contributed by atoms with Gasteiger partial charge in [-0.05, 0) is 52.8 Å². The van der Waals surface area contributed by atoms with Crippen LogP contribution in [0.3, 0.4) is 0 Å². The summed E-state index contributed by atoms with van der Waals surface area (Å²) in [5, 5.41) is 4.92. The van der Waals surface area contributed by atoms with E-state index >= 15 is 0 Å². The Kier molecular flexibility index (Phi) is 7.48. The van der Waals surface area contributed by atoms with Crippen LogP contribution >= 0.6 is 19.4 Å². The third-order valence-corrected chi connectivity index (χ3v) is 6.77. The van der Waals surface area contributed by atoms with Crippen molar-refractivity contribution in [2.75, 3.05) is 17.2 Å². The summed E-state index contributed by atoms with van der Waals surface area (Å²) in [7, 11) is -2.06. The maximum Gasteiger partial charge on any atom is 0.255 e. The Hall–Kier alpha value is -2.40. The van der Waals surface area contributed by atoms with Crippen molar-refractivity contribution in [3.05, 3.63) is 71.1 Å². The average molecular weight is 443 g/mol. The molecule has 2 unspecified atom stereocenters. The maximum absolute atomic E-state index is 12.8. The summed E-state index contributed by atoms with van der Waals surface area (Å²) in [4.78, 5) is 13.9. The number of thiophene rings is 1. The molecule has 0 aliphatic rings. The van der Waals surface area contributed by atoms with Crippen molar-refractivity contribution in [3.8, 4) is 10.4 Å². The van der Waals surface area contributed by atoms with E-state index in [1.54, 1.807) is 29.5 Å². The number of carbonyl (C=O) groups excluding carboxylic acids is 1. The van der Waals surface area contributed by atoms with Gasteiger partial charge in [-0.2, -0.15) is 0 Å². The van der Waals surface area contributed by atoms with Crippen molar-refractivity contribution in [2.45, 2.75) is 26.9 Å². The Bertz CT molecular complexity index is 1020. The largest absolute Gasteiger partial charge is 0.397 e. The standard InChI is InChI=1S/C23H27N2O3PS/c1-4-29(27)28-22(15(2)3)16-7-9-17(10-8-16)23(26)25-20-14-18(11-12-19(20)24)21-6-5-13-30-21/h5-15,22,29H,4,24H2,1-3H3,(H,25,26). The van der Waals surface area contributed by atoms with Crippen LogP contribution in [0.25, 0.3) is 10.4 Å². The summed E-state index contributed by atoms with van der Waals surface area (Å²) in [6, 6.07) is 16.9. The second-order valence-electron chi connectivity index (χ2n) is 7.36. The third-order valence-electron chi connectivity index (χ3n) is 4.76. The molecule has 0 saturated heterocycles. The average Bonchev–Trinajstić information content (AvgIpc) is 3.28. The van der Waals surface area contributed by atoms with Crippen LogP contribution in [0.15, 0.2) is 60.0 Å². The molecule has 3 rings (SSSR count). The molecule has 5 nitrogen and oxygen atoms in total. The number of benzene rings is 2. The smallest absolute Gasteiger partial charge is 0.255 e. The first-order valence-corrected chi connectivity index (χ1v) is 12.3. The zero-order chi connectivity index (χ0) is 21.7. The topological polar surface area (TPSA) is 81.4 Å². The minimum Gasteiger partial charge on any atom is -0.397 e. The molecule has 0 radical (unpaired) electrons. The SMILES string of the molecule is CC[PH](=O)OC(c1ccc(C(=O)Nc2cc(-c3cccs3)ccc2N)cc1)C(C)C. The molecular formula is C23H27N2O3PS. The van der Waals surface area contributed by atoms with E-state index in [1.807, 2.05) is 62.5 Å². The van der Waals surface area contributed by atoms with Gasteiger partial charge in [0.1, 0.15) is 0 Å².